The maximum Gasteiger partial charge on any atom is 0.264 e. The van der Waals surface area contributed by atoms with Crippen LogP contribution in [0, 0.1) is 0 Å². The van der Waals surface area contributed by atoms with Crippen molar-refractivity contribution in [1.29, 1.82) is 0 Å². The van der Waals surface area contributed by atoms with Gasteiger partial charge in [-0.05, 0) is 49.6 Å². The molecular weight excluding hydrogens is 542 g/mol. The van der Waals surface area contributed by atoms with E-state index < -0.39 is 28.5 Å². The first-order valence-corrected chi connectivity index (χ1v) is 15.1. The van der Waals surface area contributed by atoms with E-state index in [2.05, 4.69) is 5.32 Å². The van der Waals surface area contributed by atoms with Gasteiger partial charge in [-0.3, -0.25) is 13.9 Å². The SMILES string of the molecule is COc1ccc(OC)c(N(CC(=O)N(Cc2ccccc2)[C@@H](C)C(=O)NC2CCCC2)S(=O)(=O)c2ccccc2)c1. The minimum Gasteiger partial charge on any atom is -0.497 e. The molecule has 2 amide bonds. The summed E-state index contributed by atoms with van der Waals surface area (Å²) in [6.45, 7) is 1.25. The number of nitrogens with zero attached hydrogens (tertiary/aromatic N) is 2. The molecule has 3 aromatic rings. The number of rotatable bonds is 12. The molecule has 4 rings (SSSR count). The Hall–Kier alpha value is -4.05. The fourth-order valence-electron chi connectivity index (χ4n) is 4.98. The molecule has 1 fully saturated rings. The van der Waals surface area contributed by atoms with Crippen LogP contribution >= 0.6 is 0 Å². The van der Waals surface area contributed by atoms with Gasteiger partial charge in [0.05, 0.1) is 24.8 Å². The molecule has 41 heavy (non-hydrogen) atoms. The van der Waals surface area contributed by atoms with Crippen molar-refractivity contribution in [2.75, 3.05) is 25.1 Å². The Morgan fingerprint density at radius 3 is 2.17 bits per heavy atom. The van der Waals surface area contributed by atoms with Gasteiger partial charge >= 0.3 is 0 Å². The molecule has 1 aliphatic rings. The molecule has 0 spiro atoms. The Kier molecular flexibility index (Phi) is 9.88. The number of sulfonamides is 1. The first-order valence-electron chi connectivity index (χ1n) is 13.7. The van der Waals surface area contributed by atoms with E-state index in [0.717, 1.165) is 35.6 Å². The van der Waals surface area contributed by atoms with Crippen LogP contribution in [0.5, 0.6) is 11.5 Å². The van der Waals surface area contributed by atoms with E-state index in [1.165, 1.54) is 37.3 Å². The molecule has 1 N–H and O–H groups in total. The van der Waals surface area contributed by atoms with E-state index in [9.17, 15) is 18.0 Å². The average Bonchev–Trinajstić information content (AvgIpc) is 3.51. The summed E-state index contributed by atoms with van der Waals surface area (Å²) in [5.41, 5.74) is 0.963. The number of nitrogens with one attached hydrogen (secondary N) is 1. The monoisotopic (exact) mass is 579 g/mol. The summed E-state index contributed by atoms with van der Waals surface area (Å²) < 4.78 is 39.9. The average molecular weight is 580 g/mol. The first kappa shape index (κ1) is 29.9. The van der Waals surface area contributed by atoms with Gasteiger partial charge in [-0.25, -0.2) is 8.42 Å². The van der Waals surface area contributed by atoms with E-state index in [1.54, 1.807) is 37.3 Å². The van der Waals surface area contributed by atoms with Crippen LogP contribution in [0.15, 0.2) is 83.8 Å². The number of hydrogen-bond acceptors (Lipinski definition) is 6. The van der Waals surface area contributed by atoms with Gasteiger partial charge in [0.15, 0.2) is 0 Å². The number of methoxy groups -OCH3 is 2. The highest BCUT2D eigenvalue weighted by atomic mass is 32.2. The van der Waals surface area contributed by atoms with Gasteiger partial charge in [-0.15, -0.1) is 0 Å². The third-order valence-corrected chi connectivity index (χ3v) is 9.10. The summed E-state index contributed by atoms with van der Waals surface area (Å²) in [6, 6.07) is 21.2. The van der Waals surface area contributed by atoms with Crippen molar-refractivity contribution in [3.8, 4) is 11.5 Å². The predicted octanol–water partition coefficient (Wildman–Crippen LogP) is 4.38. The van der Waals surface area contributed by atoms with E-state index in [4.69, 9.17) is 9.47 Å². The van der Waals surface area contributed by atoms with Crippen LogP contribution in [0.1, 0.15) is 38.2 Å². The lowest BCUT2D eigenvalue weighted by Crippen LogP contribution is -2.52. The fraction of sp³-hybridized carbons (Fsp3) is 0.355. The standard InChI is InChI=1S/C31H37N3O6S/c1-23(31(36)32-25-14-10-11-15-25)33(21-24-12-6-4-7-13-24)30(35)22-34(41(37,38)27-16-8-5-9-17-27)28-20-26(39-2)18-19-29(28)40-3/h4-9,12-13,16-20,23,25H,10-11,14-15,21-22H2,1-3H3,(H,32,36)/t23-/m0/s1. The van der Waals surface area contributed by atoms with E-state index in [1.807, 2.05) is 30.3 Å². The summed E-state index contributed by atoms with van der Waals surface area (Å²) in [4.78, 5) is 28.9. The van der Waals surface area contributed by atoms with Crippen LogP contribution < -0.4 is 19.1 Å². The Morgan fingerprint density at radius 1 is 0.927 bits per heavy atom. The number of hydrogen-bond donors (Lipinski definition) is 1. The summed E-state index contributed by atoms with van der Waals surface area (Å²) in [6.07, 6.45) is 3.93. The maximum absolute atomic E-state index is 14.1. The van der Waals surface area contributed by atoms with Crippen LogP contribution in [0.3, 0.4) is 0 Å². The Morgan fingerprint density at radius 2 is 1.56 bits per heavy atom. The molecule has 218 valence electrons. The van der Waals surface area contributed by atoms with Crippen molar-refractivity contribution < 1.29 is 27.5 Å². The van der Waals surface area contributed by atoms with Gasteiger partial charge in [0.1, 0.15) is 24.1 Å². The zero-order chi connectivity index (χ0) is 29.4. The molecule has 1 saturated carbocycles. The van der Waals surface area contributed by atoms with Gasteiger partial charge in [0.2, 0.25) is 11.8 Å². The normalized spacial score (nSPS) is 14.2. The number of carbonyl (C=O) groups excluding carboxylic acids is 2. The third-order valence-electron chi connectivity index (χ3n) is 7.33. The molecule has 0 radical (unpaired) electrons. The lowest BCUT2D eigenvalue weighted by atomic mass is 10.1. The lowest BCUT2D eigenvalue weighted by molar-refractivity contribution is -0.139. The van der Waals surface area contributed by atoms with E-state index in [0.29, 0.717) is 5.75 Å². The second-order valence-electron chi connectivity index (χ2n) is 10.0. The van der Waals surface area contributed by atoms with Crippen molar-refractivity contribution in [3.63, 3.8) is 0 Å². The van der Waals surface area contributed by atoms with Crippen molar-refractivity contribution in [2.24, 2.45) is 0 Å². The molecule has 10 heteroatoms. The van der Waals surface area contributed by atoms with Crippen LogP contribution in [-0.2, 0) is 26.2 Å². The van der Waals surface area contributed by atoms with Crippen LogP contribution in [0.25, 0.3) is 0 Å². The number of carbonyl (C=O) groups is 2. The molecule has 9 nitrogen and oxygen atoms in total. The zero-order valence-electron chi connectivity index (χ0n) is 23.7. The largest absolute Gasteiger partial charge is 0.497 e. The highest BCUT2D eigenvalue weighted by Gasteiger charge is 2.34. The number of ether oxygens (including phenoxy) is 2. The van der Waals surface area contributed by atoms with Gasteiger partial charge in [0, 0.05) is 18.7 Å². The smallest absolute Gasteiger partial charge is 0.264 e. The molecule has 0 heterocycles. The Labute approximate surface area is 242 Å². The quantitative estimate of drug-likeness (QED) is 0.342. The van der Waals surface area contributed by atoms with E-state index >= 15 is 0 Å². The Balaban J connectivity index is 1.73. The topological polar surface area (TPSA) is 105 Å². The zero-order valence-corrected chi connectivity index (χ0v) is 24.5. The minimum atomic E-state index is -4.23. The molecule has 0 unspecified atom stereocenters. The van der Waals surface area contributed by atoms with Gasteiger partial charge in [-0.1, -0.05) is 61.4 Å². The second kappa shape index (κ2) is 13.5. The molecule has 1 aliphatic carbocycles. The molecule has 0 aliphatic heterocycles. The number of benzene rings is 3. The molecule has 1 atom stereocenters. The summed E-state index contributed by atoms with van der Waals surface area (Å²) in [5.74, 6) is -0.156. The molecule has 0 bridgehead atoms. The lowest BCUT2D eigenvalue weighted by Gasteiger charge is -2.33. The Bertz CT molecular complexity index is 1430. The summed E-state index contributed by atoms with van der Waals surface area (Å²) in [5, 5.41) is 3.07. The first-order chi connectivity index (χ1) is 19.7. The van der Waals surface area contributed by atoms with Gasteiger partial charge in [0.25, 0.3) is 10.0 Å². The van der Waals surface area contributed by atoms with Crippen molar-refractivity contribution in [1.82, 2.24) is 10.2 Å². The van der Waals surface area contributed by atoms with Crippen molar-refractivity contribution in [2.45, 2.75) is 56.1 Å². The van der Waals surface area contributed by atoms with Crippen LogP contribution in [0.4, 0.5) is 5.69 Å². The molecule has 0 saturated heterocycles. The number of anilines is 1. The van der Waals surface area contributed by atoms with Gasteiger partial charge in [-0.2, -0.15) is 0 Å². The van der Waals surface area contributed by atoms with Gasteiger partial charge < -0.3 is 19.7 Å². The predicted molar refractivity (Wildman–Crippen MR) is 157 cm³/mol. The van der Waals surface area contributed by atoms with E-state index in [-0.39, 0.29) is 34.8 Å². The van der Waals surface area contributed by atoms with Crippen LogP contribution in [0.2, 0.25) is 0 Å². The second-order valence-corrected chi connectivity index (χ2v) is 11.9. The molecule has 0 aromatic heterocycles. The fourth-order valence-corrected chi connectivity index (χ4v) is 6.42. The maximum atomic E-state index is 14.1. The van der Waals surface area contributed by atoms with Crippen LogP contribution in [-0.4, -0.2) is 58.0 Å². The minimum absolute atomic E-state index is 0.0132. The summed E-state index contributed by atoms with van der Waals surface area (Å²) in [7, 11) is -1.33. The molecular formula is C31H37N3O6S. The number of amides is 2. The highest BCUT2D eigenvalue weighted by molar-refractivity contribution is 7.92. The highest BCUT2D eigenvalue weighted by Crippen LogP contribution is 2.36. The van der Waals surface area contributed by atoms with Crippen molar-refractivity contribution >= 4 is 27.5 Å². The third kappa shape index (κ3) is 7.18. The van der Waals surface area contributed by atoms with Crippen molar-refractivity contribution in [3.05, 3.63) is 84.4 Å². The molecule has 3 aromatic carbocycles. The summed E-state index contributed by atoms with van der Waals surface area (Å²) >= 11 is 0.